The van der Waals surface area contributed by atoms with Gasteiger partial charge in [0.05, 0.1) is 16.8 Å². The highest BCUT2D eigenvalue weighted by atomic mass is 35.5. The van der Waals surface area contributed by atoms with Crippen molar-refractivity contribution in [3.05, 3.63) is 50.3 Å². The number of benzene rings is 1. The Morgan fingerprint density at radius 2 is 1.86 bits per heavy atom. The molecule has 0 spiro atoms. The molecule has 1 aliphatic rings. The molecule has 4 N–H and O–H groups in total. The molecule has 1 aromatic carbocycles. The number of amides is 2. The number of imide groups is 1. The lowest BCUT2D eigenvalue weighted by atomic mass is 10.1. The zero-order valence-electron chi connectivity index (χ0n) is 11.3. The van der Waals surface area contributed by atoms with Gasteiger partial charge in [0.2, 0.25) is 0 Å². The number of pyridine rings is 1. The van der Waals surface area contributed by atoms with E-state index in [2.05, 4.69) is 5.32 Å². The van der Waals surface area contributed by atoms with E-state index in [1.807, 2.05) is 0 Å². The first-order chi connectivity index (χ1) is 10.3. The molecule has 0 atom stereocenters. The van der Waals surface area contributed by atoms with Crippen molar-refractivity contribution in [3.63, 3.8) is 0 Å². The largest absolute Gasteiger partial charge is 0.506 e. The molecule has 0 saturated heterocycles. The molecule has 0 aliphatic carbocycles. The fourth-order valence-corrected chi connectivity index (χ4v) is 2.52. The monoisotopic (exact) mass is 319 g/mol. The van der Waals surface area contributed by atoms with Crippen LogP contribution in [0.15, 0.2) is 23.0 Å². The van der Waals surface area contributed by atoms with Crippen molar-refractivity contribution in [3.8, 4) is 11.4 Å². The normalized spacial score (nSPS) is 13.2. The van der Waals surface area contributed by atoms with Crippen LogP contribution in [-0.2, 0) is 0 Å². The molecule has 0 radical (unpaired) electrons. The summed E-state index contributed by atoms with van der Waals surface area (Å²) in [6.07, 6.45) is 0. The highest BCUT2D eigenvalue weighted by Crippen LogP contribution is 2.31. The molecule has 0 bridgehead atoms. The van der Waals surface area contributed by atoms with Gasteiger partial charge in [-0.1, -0.05) is 11.6 Å². The third kappa shape index (κ3) is 1.86. The number of rotatable bonds is 1. The van der Waals surface area contributed by atoms with Gasteiger partial charge in [-0.25, -0.2) is 0 Å². The number of aromatic hydroxyl groups is 1. The topological polar surface area (TPSA) is 114 Å². The van der Waals surface area contributed by atoms with Crippen molar-refractivity contribution in [1.29, 1.82) is 0 Å². The van der Waals surface area contributed by atoms with Crippen LogP contribution in [-0.4, -0.2) is 21.5 Å². The molecule has 7 nitrogen and oxygen atoms in total. The molecule has 2 aromatic rings. The van der Waals surface area contributed by atoms with E-state index in [0.717, 1.165) is 10.6 Å². The number of phenolic OH excluding ortho intramolecular Hbond substituents is 1. The van der Waals surface area contributed by atoms with Crippen LogP contribution >= 0.6 is 11.6 Å². The minimum atomic E-state index is -0.691. The molecule has 112 valence electrons. The molecule has 8 heteroatoms. The van der Waals surface area contributed by atoms with E-state index in [9.17, 15) is 19.5 Å². The number of hydrogen-bond donors (Lipinski definition) is 3. The molecule has 1 aliphatic heterocycles. The molecule has 1 aromatic heterocycles. The molecule has 22 heavy (non-hydrogen) atoms. The Morgan fingerprint density at radius 3 is 2.55 bits per heavy atom. The van der Waals surface area contributed by atoms with Crippen LogP contribution in [0, 0.1) is 6.92 Å². The summed E-state index contributed by atoms with van der Waals surface area (Å²) in [4.78, 5) is 35.6. The van der Waals surface area contributed by atoms with E-state index in [0.29, 0.717) is 10.6 Å². The van der Waals surface area contributed by atoms with E-state index in [-0.39, 0.29) is 28.4 Å². The number of aryl methyl sites for hydroxylation is 1. The van der Waals surface area contributed by atoms with Crippen LogP contribution in [0.4, 0.5) is 5.82 Å². The fraction of sp³-hybridized carbons (Fsp3) is 0.0714. The van der Waals surface area contributed by atoms with Gasteiger partial charge in [0.1, 0.15) is 11.6 Å². The summed E-state index contributed by atoms with van der Waals surface area (Å²) < 4.78 is 0.942. The maximum atomic E-state index is 12.2. The zero-order valence-corrected chi connectivity index (χ0v) is 12.1. The summed E-state index contributed by atoms with van der Waals surface area (Å²) in [6, 6.07) is 3.74. The summed E-state index contributed by atoms with van der Waals surface area (Å²) in [5, 5.41) is 12.4. The Labute approximate surface area is 128 Å². The van der Waals surface area contributed by atoms with Crippen LogP contribution < -0.4 is 16.6 Å². The van der Waals surface area contributed by atoms with Gasteiger partial charge in [-0.05, 0) is 24.6 Å². The van der Waals surface area contributed by atoms with E-state index >= 15 is 0 Å². The van der Waals surface area contributed by atoms with Gasteiger partial charge in [0, 0.05) is 11.1 Å². The highest BCUT2D eigenvalue weighted by Gasteiger charge is 2.32. The van der Waals surface area contributed by atoms with Crippen molar-refractivity contribution in [2.24, 2.45) is 0 Å². The Balaban J connectivity index is 2.37. The highest BCUT2D eigenvalue weighted by molar-refractivity contribution is 6.31. The summed E-state index contributed by atoms with van der Waals surface area (Å²) >= 11 is 6.01. The number of nitrogens with one attached hydrogen (secondary N) is 1. The summed E-state index contributed by atoms with van der Waals surface area (Å²) in [5.74, 6) is -1.83. The summed E-state index contributed by atoms with van der Waals surface area (Å²) in [6.45, 7) is 1.69. The number of carbonyl (C=O) groups is 2. The van der Waals surface area contributed by atoms with E-state index in [1.165, 1.54) is 12.1 Å². The predicted molar refractivity (Wildman–Crippen MR) is 79.7 cm³/mol. The van der Waals surface area contributed by atoms with Crippen molar-refractivity contribution in [2.45, 2.75) is 6.92 Å². The maximum absolute atomic E-state index is 12.2. The summed E-state index contributed by atoms with van der Waals surface area (Å²) in [5.41, 5.74) is 5.69. The second-order valence-electron chi connectivity index (χ2n) is 4.87. The molecule has 2 amide bonds. The lowest BCUT2D eigenvalue weighted by Gasteiger charge is -2.14. The summed E-state index contributed by atoms with van der Waals surface area (Å²) in [7, 11) is 0. The number of carbonyl (C=O) groups excluding carboxylic acids is 2. The third-order valence-electron chi connectivity index (χ3n) is 3.45. The fourth-order valence-electron chi connectivity index (χ4n) is 2.36. The molecular weight excluding hydrogens is 310 g/mol. The van der Waals surface area contributed by atoms with Crippen molar-refractivity contribution in [2.75, 3.05) is 5.73 Å². The molecular formula is C14H10ClN3O4. The van der Waals surface area contributed by atoms with Crippen LogP contribution in [0.5, 0.6) is 5.75 Å². The number of nitrogens with zero attached hydrogens (tertiary/aromatic N) is 1. The third-order valence-corrected chi connectivity index (χ3v) is 3.86. The average Bonchev–Trinajstić information content (AvgIpc) is 2.70. The van der Waals surface area contributed by atoms with Gasteiger partial charge in [0.25, 0.3) is 17.4 Å². The van der Waals surface area contributed by atoms with Crippen LogP contribution in [0.25, 0.3) is 5.69 Å². The van der Waals surface area contributed by atoms with Gasteiger partial charge in [-0.2, -0.15) is 0 Å². The number of phenols is 1. The lowest BCUT2D eigenvalue weighted by Crippen LogP contribution is -2.24. The Kier molecular flexibility index (Phi) is 2.96. The SMILES string of the molecule is Cc1cc(O)c(-n2c(N)c3c(cc2=O)C(=O)NC3=O)cc1Cl. The van der Waals surface area contributed by atoms with Crippen LogP contribution in [0.1, 0.15) is 26.3 Å². The minimum absolute atomic E-state index is 0.0352. The van der Waals surface area contributed by atoms with Crippen molar-refractivity contribution in [1.82, 2.24) is 9.88 Å². The second-order valence-corrected chi connectivity index (χ2v) is 5.27. The number of anilines is 1. The Hall–Kier alpha value is -2.80. The van der Waals surface area contributed by atoms with Crippen LogP contribution in [0.3, 0.4) is 0 Å². The minimum Gasteiger partial charge on any atom is -0.506 e. The molecule has 3 rings (SSSR count). The number of aromatic nitrogens is 1. The Morgan fingerprint density at radius 1 is 1.18 bits per heavy atom. The predicted octanol–water partition coefficient (Wildman–Crippen LogP) is 0.971. The first-order valence-corrected chi connectivity index (χ1v) is 6.59. The molecule has 0 fully saturated rings. The quantitative estimate of drug-likeness (QED) is 0.678. The first-order valence-electron chi connectivity index (χ1n) is 6.22. The molecule has 0 unspecified atom stereocenters. The van der Waals surface area contributed by atoms with Gasteiger partial charge in [-0.15, -0.1) is 0 Å². The number of halogens is 1. The number of hydrogen-bond acceptors (Lipinski definition) is 5. The van der Waals surface area contributed by atoms with Crippen molar-refractivity contribution < 1.29 is 14.7 Å². The average molecular weight is 320 g/mol. The van der Waals surface area contributed by atoms with Crippen molar-refractivity contribution >= 4 is 29.2 Å². The van der Waals surface area contributed by atoms with Gasteiger partial charge < -0.3 is 10.8 Å². The number of fused-ring (bicyclic) bond motifs is 1. The number of nitrogens with two attached hydrogens (primary N) is 1. The smallest absolute Gasteiger partial charge is 0.262 e. The lowest BCUT2D eigenvalue weighted by molar-refractivity contribution is 0.0880. The van der Waals surface area contributed by atoms with Gasteiger partial charge in [-0.3, -0.25) is 24.3 Å². The molecule has 0 saturated carbocycles. The molecule has 2 heterocycles. The van der Waals surface area contributed by atoms with Gasteiger partial charge in [0.15, 0.2) is 0 Å². The first kappa shape index (κ1) is 14.2. The van der Waals surface area contributed by atoms with E-state index < -0.39 is 17.4 Å². The van der Waals surface area contributed by atoms with E-state index in [1.54, 1.807) is 6.92 Å². The standard InChI is InChI=1S/C14H10ClN3O4/c1-5-2-9(19)8(4-7(5)15)18-10(20)3-6-11(12(18)16)14(22)17-13(6)21/h2-4,19H,16H2,1H3,(H,17,21,22). The van der Waals surface area contributed by atoms with Gasteiger partial charge >= 0.3 is 0 Å². The van der Waals surface area contributed by atoms with Crippen LogP contribution in [0.2, 0.25) is 5.02 Å². The van der Waals surface area contributed by atoms with E-state index in [4.69, 9.17) is 17.3 Å². The zero-order chi connectivity index (χ0) is 16.2. The Bertz CT molecular complexity index is 917. The number of nitrogen functional groups attached to an aromatic ring is 1. The second kappa shape index (κ2) is 4.60. The maximum Gasteiger partial charge on any atom is 0.262 e.